The topological polar surface area (TPSA) is 51.8 Å². The summed E-state index contributed by atoms with van der Waals surface area (Å²) in [6.07, 6.45) is 7.84. The molecular formula is C32H27N3O. The van der Waals surface area contributed by atoms with Crippen LogP contribution in [0.3, 0.4) is 0 Å². The van der Waals surface area contributed by atoms with Crippen molar-refractivity contribution in [2.75, 3.05) is 0 Å². The second kappa shape index (κ2) is 9.96. The summed E-state index contributed by atoms with van der Waals surface area (Å²) in [5.41, 5.74) is 6.83. The Hall–Kier alpha value is -4.57. The zero-order chi connectivity index (χ0) is 25.1. The van der Waals surface area contributed by atoms with Crippen molar-refractivity contribution in [1.29, 1.82) is 0 Å². The number of aromatic nitrogens is 3. The Morgan fingerprint density at radius 3 is 2.06 bits per heavy atom. The third kappa shape index (κ3) is 4.53. The molecule has 0 spiro atoms. The molecule has 0 atom stereocenters. The molecule has 0 aliphatic heterocycles. The molecule has 0 unspecified atom stereocenters. The number of benzene rings is 3. The van der Waals surface area contributed by atoms with Gasteiger partial charge in [0.1, 0.15) is 11.3 Å². The van der Waals surface area contributed by atoms with Gasteiger partial charge in [-0.2, -0.15) is 0 Å². The summed E-state index contributed by atoms with van der Waals surface area (Å²) in [6, 6.07) is 24.6. The van der Waals surface area contributed by atoms with Gasteiger partial charge in [0, 0.05) is 27.6 Å². The maximum Gasteiger partial charge on any atom is 0.164 e. The van der Waals surface area contributed by atoms with Crippen LogP contribution >= 0.6 is 0 Å². The van der Waals surface area contributed by atoms with Gasteiger partial charge in [-0.25, -0.2) is 15.0 Å². The molecule has 4 nitrogen and oxygen atoms in total. The predicted molar refractivity (Wildman–Crippen MR) is 149 cm³/mol. The van der Waals surface area contributed by atoms with Gasteiger partial charge in [0.05, 0.1) is 0 Å². The van der Waals surface area contributed by atoms with E-state index in [0.29, 0.717) is 17.5 Å². The van der Waals surface area contributed by atoms with Gasteiger partial charge in [-0.3, -0.25) is 0 Å². The van der Waals surface area contributed by atoms with E-state index >= 15 is 0 Å². The molecule has 0 N–H and O–H groups in total. The van der Waals surface area contributed by atoms with E-state index in [1.54, 1.807) is 0 Å². The minimum atomic E-state index is 0.566. The first-order chi connectivity index (χ1) is 17.6. The summed E-state index contributed by atoms with van der Waals surface area (Å²) < 4.78 is 6.08. The minimum Gasteiger partial charge on any atom is -0.456 e. The number of rotatable bonds is 6. The summed E-state index contributed by atoms with van der Waals surface area (Å²) in [6.45, 7) is 10.2. The Balaban J connectivity index is 1.53. The van der Waals surface area contributed by atoms with Crippen molar-refractivity contribution >= 4 is 22.6 Å². The van der Waals surface area contributed by atoms with Crippen molar-refractivity contribution in [3.63, 3.8) is 0 Å². The number of nitrogens with zero attached hydrogens (tertiary/aromatic N) is 3. The second-order valence-electron chi connectivity index (χ2n) is 8.58. The molecule has 5 rings (SSSR count). The second-order valence-corrected chi connectivity index (χ2v) is 8.58. The zero-order valence-electron chi connectivity index (χ0n) is 20.7. The molecule has 0 aliphatic carbocycles. The van der Waals surface area contributed by atoms with Gasteiger partial charge in [0.15, 0.2) is 17.5 Å². The molecule has 0 radical (unpaired) electrons. The molecule has 0 aliphatic rings. The molecule has 2 heterocycles. The lowest BCUT2D eigenvalue weighted by Crippen LogP contribution is -2.01. The van der Waals surface area contributed by atoms with Gasteiger partial charge in [0.2, 0.25) is 0 Å². The molecule has 0 bridgehead atoms. The van der Waals surface area contributed by atoms with Crippen molar-refractivity contribution in [2.45, 2.75) is 20.8 Å². The van der Waals surface area contributed by atoms with Crippen LogP contribution in [-0.4, -0.2) is 15.0 Å². The van der Waals surface area contributed by atoms with Crippen LogP contribution in [0.5, 0.6) is 0 Å². The van der Waals surface area contributed by atoms with Crippen LogP contribution in [0.15, 0.2) is 102 Å². The molecule has 0 saturated heterocycles. The smallest absolute Gasteiger partial charge is 0.164 e. The molecular weight excluding hydrogens is 442 g/mol. The predicted octanol–water partition coefficient (Wildman–Crippen LogP) is 8.55. The van der Waals surface area contributed by atoms with Gasteiger partial charge in [0.25, 0.3) is 0 Å². The largest absolute Gasteiger partial charge is 0.456 e. The first kappa shape index (κ1) is 23.2. The Bertz CT molecular complexity index is 1610. The van der Waals surface area contributed by atoms with E-state index < -0.39 is 0 Å². The Kier molecular flexibility index (Phi) is 6.42. The summed E-state index contributed by atoms with van der Waals surface area (Å²) in [5.74, 6) is 2.71. The van der Waals surface area contributed by atoms with Crippen LogP contribution in [0.2, 0.25) is 0 Å². The Morgan fingerprint density at radius 1 is 0.750 bits per heavy atom. The number of furan rings is 1. The number of hydrogen-bond donors (Lipinski definition) is 0. The molecule has 0 amide bonds. The first-order valence-electron chi connectivity index (χ1n) is 12.0. The summed E-state index contributed by atoms with van der Waals surface area (Å²) in [7, 11) is 0. The summed E-state index contributed by atoms with van der Waals surface area (Å²) in [5, 5.41) is 1.14. The number of allylic oxidation sites excluding steroid dienone is 4. The van der Waals surface area contributed by atoms with Crippen LogP contribution in [0.4, 0.5) is 0 Å². The monoisotopic (exact) mass is 469 g/mol. The summed E-state index contributed by atoms with van der Waals surface area (Å²) >= 11 is 0. The van der Waals surface area contributed by atoms with E-state index in [1.807, 2.05) is 80.6 Å². The van der Waals surface area contributed by atoms with Crippen LogP contribution in [0.1, 0.15) is 31.0 Å². The SMILES string of the molecule is C=C(C=CC)c1nc(-c2ccccc2)nc(-c2ccc(-c3ccc4c(C)c(C=CC)oc4c3)cc2)n1. The Labute approximate surface area is 211 Å². The van der Waals surface area contributed by atoms with Crippen molar-refractivity contribution in [1.82, 2.24) is 15.0 Å². The van der Waals surface area contributed by atoms with E-state index in [4.69, 9.17) is 14.4 Å². The molecule has 5 aromatic rings. The number of aryl methyl sites for hydroxylation is 1. The highest BCUT2D eigenvalue weighted by atomic mass is 16.3. The Morgan fingerprint density at radius 2 is 1.39 bits per heavy atom. The molecule has 0 saturated carbocycles. The molecule has 36 heavy (non-hydrogen) atoms. The average molecular weight is 470 g/mol. The third-order valence-corrected chi connectivity index (χ3v) is 6.09. The van der Waals surface area contributed by atoms with Crippen LogP contribution in [0.25, 0.3) is 56.5 Å². The van der Waals surface area contributed by atoms with E-state index in [9.17, 15) is 0 Å². The van der Waals surface area contributed by atoms with Crippen LogP contribution in [-0.2, 0) is 0 Å². The summed E-state index contributed by atoms with van der Waals surface area (Å²) in [4.78, 5) is 14.2. The van der Waals surface area contributed by atoms with Crippen LogP contribution in [0, 0.1) is 6.92 Å². The highest BCUT2D eigenvalue weighted by Crippen LogP contribution is 2.32. The average Bonchev–Trinajstić information content (AvgIpc) is 3.23. The van der Waals surface area contributed by atoms with Gasteiger partial charge in [-0.1, -0.05) is 91.5 Å². The van der Waals surface area contributed by atoms with Gasteiger partial charge in [-0.05, 0) is 44.0 Å². The van der Waals surface area contributed by atoms with Gasteiger partial charge >= 0.3 is 0 Å². The molecule has 2 aromatic heterocycles. The van der Waals surface area contributed by atoms with Crippen molar-refractivity contribution in [3.8, 4) is 33.9 Å². The maximum atomic E-state index is 6.08. The van der Waals surface area contributed by atoms with Crippen molar-refractivity contribution in [2.24, 2.45) is 0 Å². The lowest BCUT2D eigenvalue weighted by Gasteiger charge is -2.09. The highest BCUT2D eigenvalue weighted by Gasteiger charge is 2.13. The number of hydrogen-bond acceptors (Lipinski definition) is 4. The van der Waals surface area contributed by atoms with E-state index in [-0.39, 0.29) is 0 Å². The first-order valence-corrected chi connectivity index (χ1v) is 12.0. The molecule has 4 heteroatoms. The lowest BCUT2D eigenvalue weighted by atomic mass is 10.0. The minimum absolute atomic E-state index is 0.566. The molecule has 0 fully saturated rings. The van der Waals surface area contributed by atoms with Crippen LogP contribution < -0.4 is 0 Å². The third-order valence-electron chi connectivity index (χ3n) is 6.09. The fourth-order valence-corrected chi connectivity index (χ4v) is 4.19. The van der Waals surface area contributed by atoms with E-state index in [1.165, 1.54) is 0 Å². The zero-order valence-corrected chi connectivity index (χ0v) is 20.7. The molecule has 176 valence electrons. The van der Waals surface area contributed by atoms with Crippen molar-refractivity contribution < 1.29 is 4.42 Å². The van der Waals surface area contributed by atoms with E-state index in [0.717, 1.165) is 50.1 Å². The maximum absolute atomic E-state index is 6.08. The fourth-order valence-electron chi connectivity index (χ4n) is 4.19. The standard InChI is InChI=1S/C32H27N3O/c1-5-10-21(3)30-33-31(24-12-8-7-9-13-24)35-32(34-30)25-16-14-23(15-17-25)26-18-19-27-22(4)28(11-6-2)36-29(27)20-26/h5-20H,3H2,1-2,4H3. The quantitative estimate of drug-likeness (QED) is 0.234. The number of fused-ring (bicyclic) bond motifs is 1. The van der Waals surface area contributed by atoms with Gasteiger partial charge in [-0.15, -0.1) is 0 Å². The van der Waals surface area contributed by atoms with Crippen molar-refractivity contribution in [3.05, 3.63) is 115 Å². The van der Waals surface area contributed by atoms with Gasteiger partial charge < -0.3 is 4.42 Å². The highest BCUT2D eigenvalue weighted by molar-refractivity contribution is 5.88. The van der Waals surface area contributed by atoms with E-state index in [2.05, 4.69) is 48.8 Å². The normalized spacial score (nSPS) is 11.6. The lowest BCUT2D eigenvalue weighted by molar-refractivity contribution is 0.601. The molecule has 3 aromatic carbocycles. The fraction of sp³-hybridized carbons (Fsp3) is 0.0938.